The van der Waals surface area contributed by atoms with Crippen LogP contribution in [-0.4, -0.2) is 24.5 Å². The van der Waals surface area contributed by atoms with Crippen LogP contribution in [0.1, 0.15) is 16.7 Å². The van der Waals surface area contributed by atoms with Gasteiger partial charge in [0.25, 0.3) is 0 Å². The molecular weight excluding hydrogens is 361 g/mol. The minimum absolute atomic E-state index is 0.0916. The second kappa shape index (κ2) is 7.88. The lowest BCUT2D eigenvalue weighted by Crippen LogP contribution is -2.30. The van der Waals surface area contributed by atoms with Gasteiger partial charge < -0.3 is 10.2 Å². The Balaban J connectivity index is 1.68. The molecule has 0 radical (unpaired) electrons. The molecule has 27 heavy (non-hydrogen) atoms. The second-order valence-electron chi connectivity index (χ2n) is 6.70. The van der Waals surface area contributed by atoms with Crippen molar-refractivity contribution >= 4 is 28.1 Å². The maximum absolute atomic E-state index is 13.1. The fourth-order valence-corrected chi connectivity index (χ4v) is 3.83. The van der Waals surface area contributed by atoms with Crippen LogP contribution in [0.25, 0.3) is 11.3 Å². The molecule has 0 aliphatic heterocycles. The molecule has 0 bridgehead atoms. The lowest BCUT2D eigenvalue weighted by atomic mass is 10.1. The van der Waals surface area contributed by atoms with Gasteiger partial charge in [-0.1, -0.05) is 17.7 Å². The fraction of sp³-hybridized carbons (Fsp3) is 0.238. The summed E-state index contributed by atoms with van der Waals surface area (Å²) >= 11 is 1.45. The van der Waals surface area contributed by atoms with E-state index in [9.17, 15) is 9.18 Å². The number of anilines is 2. The van der Waals surface area contributed by atoms with E-state index >= 15 is 0 Å². The Morgan fingerprint density at radius 3 is 2.41 bits per heavy atom. The number of benzene rings is 2. The number of nitrogens with one attached hydrogen (secondary N) is 1. The lowest BCUT2D eigenvalue weighted by Gasteiger charge is -2.17. The molecule has 1 aromatic heterocycles. The van der Waals surface area contributed by atoms with Crippen molar-refractivity contribution < 1.29 is 9.18 Å². The number of halogens is 1. The van der Waals surface area contributed by atoms with Crippen molar-refractivity contribution in [1.29, 1.82) is 0 Å². The summed E-state index contributed by atoms with van der Waals surface area (Å²) in [6.07, 6.45) is 0. The van der Waals surface area contributed by atoms with E-state index in [1.165, 1.54) is 29.0 Å². The summed E-state index contributed by atoms with van der Waals surface area (Å²) in [7, 11) is 1.84. The summed E-state index contributed by atoms with van der Waals surface area (Å²) in [5, 5.41) is 5.65. The van der Waals surface area contributed by atoms with Crippen molar-refractivity contribution in [1.82, 2.24) is 4.98 Å². The SMILES string of the molecule is Cc1cc(C)c(NC(=O)CN(C)c2nc(-c3ccc(F)cc3)cs2)c(C)c1. The van der Waals surface area contributed by atoms with Gasteiger partial charge in [0.1, 0.15) is 5.82 Å². The number of carbonyl (C=O) groups is 1. The standard InChI is InChI=1S/C21H22FN3OS/c1-13-9-14(2)20(15(3)10-13)24-19(26)11-25(4)21-23-18(12-27-21)16-5-7-17(22)8-6-16/h5-10,12H,11H2,1-4H3,(H,24,26). The van der Waals surface area contributed by atoms with Crippen molar-refractivity contribution in [3.8, 4) is 11.3 Å². The van der Waals surface area contributed by atoms with Crippen LogP contribution in [0, 0.1) is 26.6 Å². The van der Waals surface area contributed by atoms with Gasteiger partial charge in [-0.15, -0.1) is 11.3 Å². The van der Waals surface area contributed by atoms with Crippen LogP contribution in [-0.2, 0) is 4.79 Å². The molecular formula is C21H22FN3OS. The highest BCUT2D eigenvalue weighted by Crippen LogP contribution is 2.27. The van der Waals surface area contributed by atoms with Crippen molar-refractivity contribution in [3.05, 3.63) is 64.3 Å². The van der Waals surface area contributed by atoms with E-state index in [4.69, 9.17) is 0 Å². The molecule has 1 amide bonds. The molecule has 0 saturated heterocycles. The number of nitrogens with zero attached hydrogens (tertiary/aromatic N) is 2. The van der Waals surface area contributed by atoms with E-state index in [1.54, 1.807) is 12.1 Å². The van der Waals surface area contributed by atoms with Crippen molar-refractivity contribution in [2.24, 2.45) is 0 Å². The smallest absolute Gasteiger partial charge is 0.243 e. The molecule has 6 heteroatoms. The molecule has 3 rings (SSSR count). The highest BCUT2D eigenvalue weighted by Gasteiger charge is 2.14. The second-order valence-corrected chi connectivity index (χ2v) is 7.54. The molecule has 0 aliphatic rings. The molecule has 2 aromatic carbocycles. The summed E-state index contributed by atoms with van der Waals surface area (Å²) in [6, 6.07) is 10.3. The highest BCUT2D eigenvalue weighted by molar-refractivity contribution is 7.14. The topological polar surface area (TPSA) is 45.2 Å². The van der Waals surface area contributed by atoms with E-state index in [0.717, 1.165) is 33.2 Å². The number of likely N-dealkylation sites (N-methyl/N-ethyl adjacent to an activating group) is 1. The largest absolute Gasteiger partial charge is 0.342 e. The third-order valence-electron chi connectivity index (χ3n) is 4.28. The highest BCUT2D eigenvalue weighted by atomic mass is 32.1. The number of rotatable bonds is 5. The molecule has 0 spiro atoms. The number of thiazole rings is 1. The molecule has 0 unspecified atom stereocenters. The predicted octanol–water partition coefficient (Wildman–Crippen LogP) is 4.95. The third-order valence-corrected chi connectivity index (χ3v) is 5.24. The van der Waals surface area contributed by atoms with Crippen LogP contribution in [0.15, 0.2) is 41.8 Å². The van der Waals surface area contributed by atoms with Crippen LogP contribution in [0.4, 0.5) is 15.2 Å². The summed E-state index contributed by atoms with van der Waals surface area (Å²) in [5.41, 5.74) is 5.77. The monoisotopic (exact) mass is 383 g/mol. The number of aromatic nitrogens is 1. The fourth-order valence-electron chi connectivity index (χ4n) is 3.03. The molecule has 0 aliphatic carbocycles. The number of carbonyl (C=O) groups excluding carboxylic acids is 1. The van der Waals surface area contributed by atoms with E-state index in [0.29, 0.717) is 0 Å². The number of aryl methyl sites for hydroxylation is 3. The quantitative estimate of drug-likeness (QED) is 0.678. The maximum Gasteiger partial charge on any atom is 0.243 e. The number of amides is 1. The Hall–Kier alpha value is -2.73. The van der Waals surface area contributed by atoms with Crippen LogP contribution in [0.3, 0.4) is 0 Å². The minimum Gasteiger partial charge on any atom is -0.342 e. The van der Waals surface area contributed by atoms with Gasteiger partial charge in [-0.05, 0) is 56.2 Å². The lowest BCUT2D eigenvalue weighted by molar-refractivity contribution is -0.114. The normalized spacial score (nSPS) is 10.7. The molecule has 0 fully saturated rings. The molecule has 1 N–H and O–H groups in total. The van der Waals surface area contributed by atoms with Crippen molar-refractivity contribution in [2.75, 3.05) is 23.8 Å². The minimum atomic E-state index is -0.273. The molecule has 0 saturated carbocycles. The molecule has 1 heterocycles. The van der Waals surface area contributed by atoms with Gasteiger partial charge in [0.15, 0.2) is 5.13 Å². The van der Waals surface area contributed by atoms with Gasteiger partial charge in [0.2, 0.25) is 5.91 Å². The Morgan fingerprint density at radius 1 is 1.15 bits per heavy atom. The molecule has 0 atom stereocenters. The van der Waals surface area contributed by atoms with Gasteiger partial charge >= 0.3 is 0 Å². The Kier molecular flexibility index (Phi) is 5.56. The zero-order chi connectivity index (χ0) is 19.6. The predicted molar refractivity (Wildman–Crippen MR) is 110 cm³/mol. The first-order chi connectivity index (χ1) is 12.8. The van der Waals surface area contributed by atoms with Gasteiger partial charge in [0.05, 0.1) is 12.2 Å². The average Bonchev–Trinajstić information content (AvgIpc) is 3.09. The molecule has 3 aromatic rings. The first-order valence-corrected chi connectivity index (χ1v) is 9.52. The summed E-state index contributed by atoms with van der Waals surface area (Å²) in [4.78, 5) is 18.9. The Labute approximate surface area is 162 Å². The molecule has 4 nitrogen and oxygen atoms in total. The van der Waals surface area contributed by atoms with Crippen molar-refractivity contribution in [3.63, 3.8) is 0 Å². The van der Waals surface area contributed by atoms with Gasteiger partial charge in [-0.3, -0.25) is 4.79 Å². The maximum atomic E-state index is 13.1. The summed E-state index contributed by atoms with van der Waals surface area (Å²) in [6.45, 7) is 6.23. The van der Waals surface area contributed by atoms with E-state index in [2.05, 4.69) is 22.4 Å². The summed E-state index contributed by atoms with van der Waals surface area (Å²) < 4.78 is 13.1. The third kappa shape index (κ3) is 4.52. The zero-order valence-electron chi connectivity index (χ0n) is 15.8. The van der Waals surface area contributed by atoms with Crippen LogP contribution < -0.4 is 10.2 Å². The average molecular weight is 383 g/mol. The zero-order valence-corrected chi connectivity index (χ0v) is 16.7. The Bertz CT molecular complexity index is 943. The van der Waals surface area contributed by atoms with Crippen LogP contribution >= 0.6 is 11.3 Å². The first-order valence-electron chi connectivity index (χ1n) is 8.64. The molecule has 140 valence electrons. The van der Waals surface area contributed by atoms with Crippen molar-refractivity contribution in [2.45, 2.75) is 20.8 Å². The van der Waals surface area contributed by atoms with Gasteiger partial charge in [0, 0.05) is 23.7 Å². The van der Waals surface area contributed by atoms with E-state index in [1.807, 2.05) is 38.1 Å². The number of hydrogen-bond acceptors (Lipinski definition) is 4. The first kappa shape index (κ1) is 19.0. The van der Waals surface area contributed by atoms with Gasteiger partial charge in [-0.25, -0.2) is 9.37 Å². The summed E-state index contributed by atoms with van der Waals surface area (Å²) in [5.74, 6) is -0.365. The number of hydrogen-bond donors (Lipinski definition) is 1. The Morgan fingerprint density at radius 2 is 1.78 bits per heavy atom. The van der Waals surface area contributed by atoms with Crippen LogP contribution in [0.2, 0.25) is 0 Å². The van der Waals surface area contributed by atoms with Crippen LogP contribution in [0.5, 0.6) is 0 Å². The van der Waals surface area contributed by atoms with Gasteiger partial charge in [-0.2, -0.15) is 0 Å². The van der Waals surface area contributed by atoms with E-state index in [-0.39, 0.29) is 18.3 Å². The van der Waals surface area contributed by atoms with E-state index < -0.39 is 0 Å².